The first-order valence-corrected chi connectivity index (χ1v) is 12.6. The van der Waals surface area contributed by atoms with Crippen LogP contribution in [0.25, 0.3) is 11.1 Å². The Balaban J connectivity index is 1.56. The Kier molecular flexibility index (Phi) is 5.99. The molecule has 2 aliphatic heterocycles. The van der Waals surface area contributed by atoms with Crippen molar-refractivity contribution in [3.63, 3.8) is 0 Å². The molecule has 1 aliphatic carbocycles. The van der Waals surface area contributed by atoms with Crippen LogP contribution >= 0.6 is 0 Å². The molecule has 3 aromatic carbocycles. The van der Waals surface area contributed by atoms with Gasteiger partial charge in [0.2, 0.25) is 0 Å². The van der Waals surface area contributed by atoms with E-state index in [4.69, 9.17) is 18.9 Å². The van der Waals surface area contributed by atoms with Crippen LogP contribution in [0, 0.1) is 0 Å². The minimum Gasteiger partial charge on any atom is -0.389 e. The molecule has 0 radical (unpaired) electrons. The maximum atomic E-state index is 11.6. The number of nitrogens with zero attached hydrogens (tertiary/aromatic N) is 1. The number of methoxy groups -OCH3 is 1. The second-order valence-electron chi connectivity index (χ2n) is 10.3. The summed E-state index contributed by atoms with van der Waals surface area (Å²) in [4.78, 5) is 2.40. The van der Waals surface area contributed by atoms with E-state index >= 15 is 0 Å². The third-order valence-electron chi connectivity index (χ3n) is 7.72. The van der Waals surface area contributed by atoms with Gasteiger partial charge in [-0.3, -0.25) is 4.90 Å². The Hall–Kier alpha value is -2.58. The average Bonchev–Trinajstić information content (AvgIpc) is 3.48. The summed E-state index contributed by atoms with van der Waals surface area (Å²) in [5.74, 6) is -0.710. The minimum absolute atomic E-state index is 0.121. The average molecular weight is 488 g/mol. The third kappa shape index (κ3) is 3.56. The Morgan fingerprint density at radius 3 is 2.17 bits per heavy atom. The highest BCUT2D eigenvalue weighted by Crippen LogP contribution is 2.57. The molecule has 4 atom stereocenters. The van der Waals surface area contributed by atoms with Crippen LogP contribution in [0.1, 0.15) is 30.5 Å². The SMILES string of the molecule is COCOC[C@@H](O)[C@@H]1[C@@H]2OC(C)(C)O[C@@H]2CN1C1(c2ccccc2)c2ccccc2-c2ccccc21. The van der Waals surface area contributed by atoms with Crippen molar-refractivity contribution < 1.29 is 24.1 Å². The normalized spacial score (nSPS) is 26.4. The summed E-state index contributed by atoms with van der Waals surface area (Å²) in [7, 11) is 1.58. The van der Waals surface area contributed by atoms with Crippen LogP contribution in [-0.2, 0) is 24.5 Å². The van der Waals surface area contributed by atoms with Gasteiger partial charge in [0.15, 0.2) is 5.79 Å². The lowest BCUT2D eigenvalue weighted by atomic mass is 9.78. The van der Waals surface area contributed by atoms with Crippen LogP contribution in [0.3, 0.4) is 0 Å². The van der Waals surface area contributed by atoms with E-state index in [9.17, 15) is 5.11 Å². The van der Waals surface area contributed by atoms with Gasteiger partial charge in [0.25, 0.3) is 0 Å². The molecular formula is C30H33NO5. The molecule has 0 unspecified atom stereocenters. The second kappa shape index (κ2) is 9.06. The fourth-order valence-electron chi connectivity index (χ4n) is 6.60. The van der Waals surface area contributed by atoms with Gasteiger partial charge in [0, 0.05) is 13.7 Å². The van der Waals surface area contributed by atoms with Crippen molar-refractivity contribution in [1.82, 2.24) is 4.90 Å². The molecule has 2 fully saturated rings. The zero-order valence-corrected chi connectivity index (χ0v) is 21.0. The highest BCUT2D eigenvalue weighted by Gasteiger charge is 2.62. The fraction of sp³-hybridized carbons (Fsp3) is 0.400. The van der Waals surface area contributed by atoms with Crippen LogP contribution in [0.4, 0.5) is 0 Å². The Morgan fingerprint density at radius 1 is 0.917 bits per heavy atom. The van der Waals surface area contributed by atoms with Crippen molar-refractivity contribution in [2.24, 2.45) is 0 Å². The first-order chi connectivity index (χ1) is 17.5. The van der Waals surface area contributed by atoms with Gasteiger partial charge in [-0.1, -0.05) is 78.9 Å². The first-order valence-electron chi connectivity index (χ1n) is 12.6. The van der Waals surface area contributed by atoms with Crippen molar-refractivity contribution in [3.8, 4) is 11.1 Å². The molecule has 0 aromatic heterocycles. The summed E-state index contributed by atoms with van der Waals surface area (Å²) >= 11 is 0. The zero-order chi connectivity index (χ0) is 24.9. The van der Waals surface area contributed by atoms with Gasteiger partial charge in [0.05, 0.1) is 24.3 Å². The molecule has 0 amide bonds. The van der Waals surface area contributed by atoms with E-state index in [1.54, 1.807) is 7.11 Å². The largest absolute Gasteiger partial charge is 0.389 e. The summed E-state index contributed by atoms with van der Waals surface area (Å²) in [6, 6.07) is 27.4. The van der Waals surface area contributed by atoms with Gasteiger partial charge in [0.1, 0.15) is 19.0 Å². The van der Waals surface area contributed by atoms with Gasteiger partial charge >= 0.3 is 0 Å². The zero-order valence-electron chi connectivity index (χ0n) is 21.0. The summed E-state index contributed by atoms with van der Waals surface area (Å²) in [6.45, 7) is 4.74. The lowest BCUT2D eigenvalue weighted by molar-refractivity contribution is -0.176. The molecule has 188 valence electrons. The molecule has 36 heavy (non-hydrogen) atoms. The number of aliphatic hydroxyl groups is 1. The smallest absolute Gasteiger partial charge is 0.163 e. The number of hydrogen-bond donors (Lipinski definition) is 1. The third-order valence-corrected chi connectivity index (χ3v) is 7.72. The number of likely N-dealkylation sites (tertiary alicyclic amines) is 1. The van der Waals surface area contributed by atoms with E-state index in [-0.39, 0.29) is 31.6 Å². The van der Waals surface area contributed by atoms with Crippen LogP contribution in [0.15, 0.2) is 78.9 Å². The van der Waals surface area contributed by atoms with E-state index in [1.165, 1.54) is 22.3 Å². The van der Waals surface area contributed by atoms with Crippen molar-refractivity contribution in [1.29, 1.82) is 0 Å². The van der Waals surface area contributed by atoms with E-state index in [1.807, 2.05) is 19.9 Å². The van der Waals surface area contributed by atoms with Crippen LogP contribution in [0.5, 0.6) is 0 Å². The molecule has 0 saturated carbocycles. The van der Waals surface area contributed by atoms with E-state index in [0.717, 1.165) is 5.56 Å². The minimum atomic E-state index is -0.812. The second-order valence-corrected chi connectivity index (χ2v) is 10.3. The van der Waals surface area contributed by atoms with Crippen molar-refractivity contribution >= 4 is 0 Å². The number of hydrogen-bond acceptors (Lipinski definition) is 6. The quantitative estimate of drug-likeness (QED) is 0.399. The van der Waals surface area contributed by atoms with Crippen LogP contribution in [0.2, 0.25) is 0 Å². The Bertz CT molecular complexity index is 1180. The number of fused-ring (bicyclic) bond motifs is 4. The fourth-order valence-corrected chi connectivity index (χ4v) is 6.60. The maximum Gasteiger partial charge on any atom is 0.163 e. The molecule has 1 N–H and O–H groups in total. The highest BCUT2D eigenvalue weighted by atomic mass is 16.8. The summed E-state index contributed by atoms with van der Waals surface area (Å²) < 4.78 is 23.6. The van der Waals surface area contributed by atoms with Crippen molar-refractivity contribution in [2.45, 2.75) is 49.5 Å². The van der Waals surface area contributed by atoms with Gasteiger partial charge < -0.3 is 24.1 Å². The topological polar surface area (TPSA) is 60.4 Å². The van der Waals surface area contributed by atoms with E-state index < -0.39 is 17.4 Å². The van der Waals surface area contributed by atoms with Gasteiger partial charge in [-0.15, -0.1) is 0 Å². The molecule has 3 aromatic rings. The van der Waals surface area contributed by atoms with Crippen LogP contribution in [-0.4, -0.2) is 67.2 Å². The predicted octanol–water partition coefficient (Wildman–Crippen LogP) is 4.14. The van der Waals surface area contributed by atoms with E-state index in [2.05, 4.69) is 77.7 Å². The van der Waals surface area contributed by atoms with Crippen LogP contribution < -0.4 is 0 Å². The Morgan fingerprint density at radius 2 is 1.53 bits per heavy atom. The summed E-state index contributed by atoms with van der Waals surface area (Å²) in [6.07, 6.45) is -1.29. The van der Waals surface area contributed by atoms with E-state index in [0.29, 0.717) is 6.54 Å². The lowest BCUT2D eigenvalue weighted by Crippen LogP contribution is -2.57. The number of rotatable bonds is 7. The van der Waals surface area contributed by atoms with Gasteiger partial charge in [-0.2, -0.15) is 0 Å². The Labute approximate surface area is 212 Å². The number of aliphatic hydroxyl groups excluding tert-OH is 1. The molecule has 6 rings (SSSR count). The molecule has 3 aliphatic rings. The molecule has 2 heterocycles. The highest BCUT2D eigenvalue weighted by molar-refractivity contribution is 5.83. The van der Waals surface area contributed by atoms with Crippen molar-refractivity contribution in [3.05, 3.63) is 95.6 Å². The standard InChI is InChI=1S/C30H33NO5/c1-29(2)35-26-17-31(27(28(26)36-29)25(32)18-34-19-33-3)30(20-11-5-4-6-12-20)23-15-9-7-13-21(23)22-14-8-10-16-24(22)30/h4-16,25-28,32H,17-19H2,1-3H3/t25-,26-,27-,28-/m1/s1. The molecule has 0 bridgehead atoms. The summed E-state index contributed by atoms with van der Waals surface area (Å²) in [5, 5.41) is 11.6. The molecule has 6 nitrogen and oxygen atoms in total. The molecule has 6 heteroatoms. The maximum absolute atomic E-state index is 11.6. The summed E-state index contributed by atoms with van der Waals surface area (Å²) in [5.41, 5.74) is 5.35. The molecule has 2 saturated heterocycles. The van der Waals surface area contributed by atoms with Crippen molar-refractivity contribution in [2.75, 3.05) is 27.1 Å². The van der Waals surface area contributed by atoms with Gasteiger partial charge in [-0.25, -0.2) is 0 Å². The predicted molar refractivity (Wildman–Crippen MR) is 136 cm³/mol. The molecular weight excluding hydrogens is 454 g/mol. The van der Waals surface area contributed by atoms with Gasteiger partial charge in [-0.05, 0) is 41.7 Å². The number of benzene rings is 3. The monoisotopic (exact) mass is 487 g/mol. The first kappa shape index (κ1) is 23.8. The number of ether oxygens (including phenoxy) is 4. The molecule has 0 spiro atoms. The lowest BCUT2D eigenvalue weighted by Gasteiger charge is -2.46.